The number of alkyl halides is 1. The average Bonchev–Trinajstić information content (AvgIpc) is 2.94. The number of aryl methyl sites for hydroxylation is 1. The number of benzene rings is 1. The summed E-state index contributed by atoms with van der Waals surface area (Å²) >= 11 is 13.7. The highest BCUT2D eigenvalue weighted by Crippen LogP contribution is 2.24. The largest absolute Gasteiger partial charge is 0.322 e. The molecule has 2 heterocycles. The van der Waals surface area contributed by atoms with Gasteiger partial charge in [0, 0.05) is 16.1 Å². The molecule has 6 heteroatoms. The van der Waals surface area contributed by atoms with E-state index >= 15 is 0 Å². The Hall–Kier alpha value is -1.10. The minimum Gasteiger partial charge on any atom is -0.322 e. The minimum atomic E-state index is 0.379. The second kappa shape index (κ2) is 5.12. The van der Waals surface area contributed by atoms with Gasteiger partial charge in [0.25, 0.3) is 0 Å². The van der Waals surface area contributed by atoms with Crippen molar-refractivity contribution in [2.75, 3.05) is 0 Å². The predicted molar refractivity (Wildman–Crippen MR) is 80.3 cm³/mol. The van der Waals surface area contributed by atoms with Gasteiger partial charge in [-0.3, -0.25) is 0 Å². The molecule has 0 amide bonds. The van der Waals surface area contributed by atoms with Crippen LogP contribution < -0.4 is 0 Å². The summed E-state index contributed by atoms with van der Waals surface area (Å²) in [5.41, 5.74) is 1.93. The first-order valence-corrected chi connectivity index (χ1v) is 7.52. The number of thiazole rings is 1. The molecule has 3 nitrogen and oxygen atoms in total. The number of fused-ring (bicyclic) bond motifs is 1. The van der Waals surface area contributed by atoms with Gasteiger partial charge in [0.05, 0.1) is 28.5 Å². The molecular weight excluding hydrogens is 301 g/mol. The third kappa shape index (κ3) is 2.48. The van der Waals surface area contributed by atoms with Crippen molar-refractivity contribution in [2.24, 2.45) is 0 Å². The summed E-state index contributed by atoms with van der Waals surface area (Å²) in [6, 6.07) is 5.72. The second-order valence-corrected chi connectivity index (χ2v) is 6.25. The van der Waals surface area contributed by atoms with E-state index in [1.54, 1.807) is 11.3 Å². The molecule has 0 N–H and O–H groups in total. The molecule has 1 aromatic carbocycles. The highest BCUT2D eigenvalue weighted by molar-refractivity contribution is 7.11. The van der Waals surface area contributed by atoms with Crippen LogP contribution in [-0.4, -0.2) is 14.5 Å². The van der Waals surface area contributed by atoms with Gasteiger partial charge >= 0.3 is 0 Å². The van der Waals surface area contributed by atoms with Gasteiger partial charge in [0.1, 0.15) is 5.82 Å². The molecule has 2 aromatic heterocycles. The van der Waals surface area contributed by atoms with E-state index in [2.05, 4.69) is 14.5 Å². The zero-order valence-electron chi connectivity index (χ0n) is 10.2. The van der Waals surface area contributed by atoms with Crippen LogP contribution in [0.15, 0.2) is 24.4 Å². The predicted octanol–water partition coefficient (Wildman–Crippen LogP) is 4.24. The Morgan fingerprint density at radius 3 is 2.89 bits per heavy atom. The fourth-order valence-corrected chi connectivity index (χ4v) is 3.22. The standard InChI is InChI=1S/C13H11Cl2N3S/c1-8-16-6-10(19-8)7-18-12-3-2-9(15)4-11(12)17-13(18)5-14/h2-4,6H,5,7H2,1H3. The molecule has 0 bridgehead atoms. The SMILES string of the molecule is Cc1ncc(Cn2c(CCl)nc3cc(Cl)ccc32)s1. The first kappa shape index (κ1) is 12.9. The molecule has 0 saturated heterocycles. The van der Waals surface area contributed by atoms with E-state index in [1.807, 2.05) is 31.3 Å². The normalized spacial score (nSPS) is 11.3. The molecule has 0 aliphatic carbocycles. The van der Waals surface area contributed by atoms with Crippen molar-refractivity contribution in [1.29, 1.82) is 0 Å². The Kier molecular flexibility index (Phi) is 3.48. The third-order valence-corrected chi connectivity index (χ3v) is 4.26. The number of hydrogen-bond donors (Lipinski definition) is 0. The Morgan fingerprint density at radius 2 is 2.21 bits per heavy atom. The molecule has 98 valence electrons. The van der Waals surface area contributed by atoms with Crippen LogP contribution in [0.2, 0.25) is 5.02 Å². The molecule has 0 radical (unpaired) electrons. The van der Waals surface area contributed by atoms with Gasteiger partial charge in [0.15, 0.2) is 0 Å². The first-order chi connectivity index (χ1) is 9.17. The molecule has 0 aliphatic rings. The summed E-state index contributed by atoms with van der Waals surface area (Å²) in [6.07, 6.45) is 1.90. The maximum atomic E-state index is 6.00. The van der Waals surface area contributed by atoms with Crippen LogP contribution in [0.3, 0.4) is 0 Å². The van der Waals surface area contributed by atoms with E-state index in [1.165, 1.54) is 4.88 Å². The molecule has 0 aliphatic heterocycles. The van der Waals surface area contributed by atoms with E-state index in [0.29, 0.717) is 10.9 Å². The van der Waals surface area contributed by atoms with Crippen molar-refractivity contribution < 1.29 is 0 Å². The van der Waals surface area contributed by atoms with Crippen LogP contribution in [-0.2, 0) is 12.4 Å². The molecule has 0 spiro atoms. The van der Waals surface area contributed by atoms with E-state index < -0.39 is 0 Å². The lowest BCUT2D eigenvalue weighted by molar-refractivity contribution is 0.787. The topological polar surface area (TPSA) is 30.7 Å². The summed E-state index contributed by atoms with van der Waals surface area (Å²) in [5, 5.41) is 1.75. The van der Waals surface area contributed by atoms with Crippen LogP contribution in [0.4, 0.5) is 0 Å². The molecular formula is C13H11Cl2N3S. The number of hydrogen-bond acceptors (Lipinski definition) is 3. The van der Waals surface area contributed by atoms with Gasteiger partial charge in [-0.15, -0.1) is 22.9 Å². The van der Waals surface area contributed by atoms with E-state index in [-0.39, 0.29) is 0 Å². The van der Waals surface area contributed by atoms with Crippen molar-refractivity contribution in [2.45, 2.75) is 19.3 Å². The Morgan fingerprint density at radius 1 is 1.37 bits per heavy atom. The van der Waals surface area contributed by atoms with Crippen molar-refractivity contribution >= 4 is 45.6 Å². The summed E-state index contributed by atoms with van der Waals surface area (Å²) < 4.78 is 2.12. The summed E-state index contributed by atoms with van der Waals surface area (Å²) in [6.45, 7) is 2.74. The van der Waals surface area contributed by atoms with Crippen LogP contribution >= 0.6 is 34.5 Å². The van der Waals surface area contributed by atoms with E-state index in [9.17, 15) is 0 Å². The number of aromatic nitrogens is 3. The van der Waals surface area contributed by atoms with Crippen molar-refractivity contribution in [3.8, 4) is 0 Å². The van der Waals surface area contributed by atoms with E-state index in [0.717, 1.165) is 28.4 Å². The van der Waals surface area contributed by atoms with Gasteiger partial charge in [-0.2, -0.15) is 0 Å². The lowest BCUT2D eigenvalue weighted by atomic mass is 10.3. The Bertz CT molecular complexity index is 733. The van der Waals surface area contributed by atoms with Crippen molar-refractivity contribution in [1.82, 2.24) is 14.5 Å². The van der Waals surface area contributed by atoms with E-state index in [4.69, 9.17) is 23.2 Å². The van der Waals surface area contributed by atoms with Crippen LogP contribution in [0, 0.1) is 6.92 Å². The maximum absolute atomic E-state index is 6.00. The van der Waals surface area contributed by atoms with Gasteiger partial charge < -0.3 is 4.57 Å². The number of nitrogens with zero attached hydrogens (tertiary/aromatic N) is 3. The molecule has 19 heavy (non-hydrogen) atoms. The lowest BCUT2D eigenvalue weighted by Crippen LogP contribution is -2.02. The Balaban J connectivity index is 2.10. The smallest absolute Gasteiger partial charge is 0.125 e. The fraction of sp³-hybridized carbons (Fsp3) is 0.231. The summed E-state index contributed by atoms with van der Waals surface area (Å²) in [5.74, 6) is 1.23. The number of rotatable bonds is 3. The van der Waals surface area contributed by atoms with Crippen molar-refractivity contribution in [3.05, 3.63) is 45.1 Å². The number of imidazole rings is 1. The van der Waals surface area contributed by atoms with Crippen LogP contribution in [0.25, 0.3) is 11.0 Å². The second-order valence-electron chi connectivity index (χ2n) is 4.23. The van der Waals surface area contributed by atoms with Crippen LogP contribution in [0.5, 0.6) is 0 Å². The average molecular weight is 312 g/mol. The van der Waals surface area contributed by atoms with Gasteiger partial charge in [-0.25, -0.2) is 9.97 Å². The fourth-order valence-electron chi connectivity index (χ4n) is 2.07. The number of halogens is 2. The van der Waals surface area contributed by atoms with Gasteiger partial charge in [-0.05, 0) is 25.1 Å². The zero-order valence-corrected chi connectivity index (χ0v) is 12.6. The first-order valence-electron chi connectivity index (χ1n) is 5.79. The summed E-state index contributed by atoms with van der Waals surface area (Å²) in [4.78, 5) is 10.00. The molecule has 0 saturated carbocycles. The highest BCUT2D eigenvalue weighted by atomic mass is 35.5. The zero-order chi connectivity index (χ0) is 13.4. The highest BCUT2D eigenvalue weighted by Gasteiger charge is 2.11. The van der Waals surface area contributed by atoms with Crippen LogP contribution in [0.1, 0.15) is 15.7 Å². The molecule has 3 aromatic rings. The lowest BCUT2D eigenvalue weighted by Gasteiger charge is -2.05. The summed E-state index contributed by atoms with van der Waals surface area (Å²) in [7, 11) is 0. The Labute approximate surface area is 124 Å². The molecule has 0 fully saturated rings. The maximum Gasteiger partial charge on any atom is 0.125 e. The quantitative estimate of drug-likeness (QED) is 0.677. The third-order valence-electron chi connectivity index (χ3n) is 2.89. The monoisotopic (exact) mass is 311 g/mol. The van der Waals surface area contributed by atoms with Crippen molar-refractivity contribution in [3.63, 3.8) is 0 Å². The minimum absolute atomic E-state index is 0.379. The molecule has 0 atom stereocenters. The van der Waals surface area contributed by atoms with Gasteiger partial charge in [0.2, 0.25) is 0 Å². The van der Waals surface area contributed by atoms with Gasteiger partial charge in [-0.1, -0.05) is 11.6 Å². The molecule has 3 rings (SSSR count). The molecule has 0 unspecified atom stereocenters.